The summed E-state index contributed by atoms with van der Waals surface area (Å²) in [6.45, 7) is 5.48. The van der Waals surface area contributed by atoms with Crippen LogP contribution in [-0.4, -0.2) is 65.3 Å². The average molecular weight is 492 g/mol. The predicted molar refractivity (Wildman–Crippen MR) is 135 cm³/mol. The minimum atomic E-state index is -0.359. The summed E-state index contributed by atoms with van der Waals surface area (Å²) in [6.07, 6.45) is 6.53. The lowest BCUT2D eigenvalue weighted by Gasteiger charge is -2.26. The number of morpholine rings is 1. The molecule has 2 aromatic heterocycles. The standard InChI is InChI=1S/C25H26ClN7O2/c26-23-4-2-1-3-21(23)17-31-25(34)32-22-13-19(14-27-18-22)5-6-20-15-29-24(30-16-20)28-7-8-33-9-11-35-12-10-33/h1-4,13-16,18H,7-12,17H2,(H,28,29,30)(H2,31,32,34). The Kier molecular flexibility index (Phi) is 8.84. The van der Waals surface area contributed by atoms with Gasteiger partial charge in [-0.2, -0.15) is 0 Å². The van der Waals surface area contributed by atoms with Crippen molar-refractivity contribution >= 4 is 29.3 Å². The van der Waals surface area contributed by atoms with Crippen molar-refractivity contribution in [3.8, 4) is 11.8 Å². The zero-order valence-corrected chi connectivity index (χ0v) is 19.9. The van der Waals surface area contributed by atoms with Crippen molar-refractivity contribution in [2.24, 2.45) is 0 Å². The van der Waals surface area contributed by atoms with E-state index in [1.165, 1.54) is 0 Å². The van der Waals surface area contributed by atoms with Gasteiger partial charge in [0, 0.05) is 61.9 Å². The molecular formula is C25H26ClN7O2. The van der Waals surface area contributed by atoms with Crippen LogP contribution < -0.4 is 16.0 Å². The van der Waals surface area contributed by atoms with E-state index in [1.54, 1.807) is 36.9 Å². The molecule has 1 saturated heterocycles. The van der Waals surface area contributed by atoms with Crippen molar-refractivity contribution in [2.75, 3.05) is 50.0 Å². The van der Waals surface area contributed by atoms with Gasteiger partial charge in [-0.25, -0.2) is 14.8 Å². The second-order valence-electron chi connectivity index (χ2n) is 7.79. The summed E-state index contributed by atoms with van der Waals surface area (Å²) >= 11 is 6.12. The third kappa shape index (κ3) is 7.93. The topological polar surface area (TPSA) is 104 Å². The summed E-state index contributed by atoms with van der Waals surface area (Å²) in [5.74, 6) is 6.62. The van der Waals surface area contributed by atoms with E-state index in [0.717, 1.165) is 45.0 Å². The molecule has 3 heterocycles. The summed E-state index contributed by atoms with van der Waals surface area (Å²) in [5.41, 5.74) is 2.70. The van der Waals surface area contributed by atoms with E-state index in [9.17, 15) is 4.79 Å². The maximum Gasteiger partial charge on any atom is 0.319 e. The second kappa shape index (κ2) is 12.7. The van der Waals surface area contributed by atoms with Gasteiger partial charge in [-0.15, -0.1) is 0 Å². The first-order valence-corrected chi connectivity index (χ1v) is 11.6. The van der Waals surface area contributed by atoms with Crippen LogP contribution in [0.1, 0.15) is 16.7 Å². The molecule has 1 fully saturated rings. The molecule has 180 valence electrons. The number of pyridine rings is 1. The first kappa shape index (κ1) is 24.4. The Morgan fingerprint density at radius 3 is 2.63 bits per heavy atom. The molecule has 4 rings (SSSR count). The van der Waals surface area contributed by atoms with Gasteiger partial charge in [0.2, 0.25) is 5.95 Å². The fraction of sp³-hybridized carbons (Fsp3) is 0.280. The summed E-state index contributed by atoms with van der Waals surface area (Å²) in [4.78, 5) is 27.4. The molecule has 1 aliphatic rings. The van der Waals surface area contributed by atoms with Gasteiger partial charge in [-0.1, -0.05) is 41.6 Å². The summed E-state index contributed by atoms with van der Waals surface area (Å²) in [5, 5.41) is 9.36. The number of ether oxygens (including phenoxy) is 1. The maximum atomic E-state index is 12.2. The van der Waals surface area contributed by atoms with Gasteiger partial charge >= 0.3 is 6.03 Å². The van der Waals surface area contributed by atoms with Gasteiger partial charge in [0.25, 0.3) is 0 Å². The smallest absolute Gasteiger partial charge is 0.319 e. The van der Waals surface area contributed by atoms with Gasteiger partial charge in [-0.3, -0.25) is 9.88 Å². The van der Waals surface area contributed by atoms with E-state index in [0.29, 0.717) is 34.3 Å². The Morgan fingerprint density at radius 2 is 1.83 bits per heavy atom. The van der Waals surface area contributed by atoms with E-state index >= 15 is 0 Å². The van der Waals surface area contributed by atoms with Gasteiger partial charge in [0.05, 0.1) is 30.7 Å². The number of hydrogen-bond acceptors (Lipinski definition) is 7. The van der Waals surface area contributed by atoms with Crippen molar-refractivity contribution in [3.05, 3.63) is 76.8 Å². The van der Waals surface area contributed by atoms with Crippen molar-refractivity contribution < 1.29 is 9.53 Å². The van der Waals surface area contributed by atoms with E-state index in [2.05, 4.69) is 47.6 Å². The lowest BCUT2D eigenvalue weighted by atomic mass is 10.2. The molecule has 1 aliphatic heterocycles. The van der Waals surface area contributed by atoms with E-state index in [1.807, 2.05) is 18.2 Å². The Bertz CT molecular complexity index is 1190. The number of nitrogens with zero attached hydrogens (tertiary/aromatic N) is 4. The molecule has 3 N–H and O–H groups in total. The number of halogens is 1. The molecule has 0 atom stereocenters. The molecule has 9 nitrogen and oxygen atoms in total. The molecule has 0 unspecified atom stereocenters. The van der Waals surface area contributed by atoms with E-state index in [4.69, 9.17) is 16.3 Å². The first-order valence-electron chi connectivity index (χ1n) is 11.3. The fourth-order valence-corrected chi connectivity index (χ4v) is 3.55. The third-order valence-electron chi connectivity index (χ3n) is 5.21. The van der Waals surface area contributed by atoms with Gasteiger partial charge in [0.1, 0.15) is 0 Å². The number of amides is 2. The zero-order chi connectivity index (χ0) is 24.3. The zero-order valence-electron chi connectivity index (χ0n) is 19.1. The molecule has 10 heteroatoms. The van der Waals surface area contributed by atoms with E-state index in [-0.39, 0.29) is 6.03 Å². The minimum absolute atomic E-state index is 0.316. The number of benzene rings is 1. The molecule has 0 spiro atoms. The Hall–Kier alpha value is -3.71. The lowest BCUT2D eigenvalue weighted by Crippen LogP contribution is -2.39. The van der Waals surface area contributed by atoms with Crippen LogP contribution in [0.2, 0.25) is 5.02 Å². The number of urea groups is 1. The molecule has 0 radical (unpaired) electrons. The number of anilines is 2. The van der Waals surface area contributed by atoms with Crippen LogP contribution in [0, 0.1) is 11.8 Å². The minimum Gasteiger partial charge on any atom is -0.379 e. The van der Waals surface area contributed by atoms with Crippen LogP contribution >= 0.6 is 11.6 Å². The van der Waals surface area contributed by atoms with Crippen molar-refractivity contribution in [1.82, 2.24) is 25.2 Å². The number of rotatable bonds is 7. The molecule has 35 heavy (non-hydrogen) atoms. The normalized spacial score (nSPS) is 13.4. The Morgan fingerprint density at radius 1 is 1.06 bits per heavy atom. The van der Waals surface area contributed by atoms with Gasteiger partial charge in [0.15, 0.2) is 0 Å². The van der Waals surface area contributed by atoms with Crippen LogP contribution in [0.5, 0.6) is 0 Å². The first-order chi connectivity index (χ1) is 17.2. The largest absolute Gasteiger partial charge is 0.379 e. The molecular weight excluding hydrogens is 466 g/mol. The molecule has 2 amide bonds. The van der Waals surface area contributed by atoms with E-state index < -0.39 is 0 Å². The van der Waals surface area contributed by atoms with Crippen LogP contribution in [0.25, 0.3) is 0 Å². The van der Waals surface area contributed by atoms with Crippen LogP contribution in [0.4, 0.5) is 16.4 Å². The number of aromatic nitrogens is 3. The highest BCUT2D eigenvalue weighted by Crippen LogP contribution is 2.14. The quantitative estimate of drug-likeness (QED) is 0.436. The molecule has 0 aliphatic carbocycles. The predicted octanol–water partition coefficient (Wildman–Crippen LogP) is 2.99. The summed E-state index contributed by atoms with van der Waals surface area (Å²) < 4.78 is 5.36. The highest BCUT2D eigenvalue weighted by Gasteiger charge is 2.09. The van der Waals surface area contributed by atoms with Crippen molar-refractivity contribution in [1.29, 1.82) is 0 Å². The maximum absolute atomic E-state index is 12.2. The average Bonchev–Trinajstić information content (AvgIpc) is 2.89. The third-order valence-corrected chi connectivity index (χ3v) is 5.58. The SMILES string of the molecule is O=C(NCc1ccccc1Cl)Nc1cncc(C#Cc2cnc(NCCN3CCOCC3)nc2)c1. The van der Waals surface area contributed by atoms with Crippen LogP contribution in [-0.2, 0) is 11.3 Å². The highest BCUT2D eigenvalue weighted by molar-refractivity contribution is 6.31. The summed E-state index contributed by atoms with van der Waals surface area (Å²) in [6, 6.07) is 8.74. The monoisotopic (exact) mass is 491 g/mol. The van der Waals surface area contributed by atoms with Gasteiger partial charge in [-0.05, 0) is 17.7 Å². The number of carbonyl (C=O) groups is 1. The second-order valence-corrected chi connectivity index (χ2v) is 8.19. The van der Waals surface area contributed by atoms with Crippen LogP contribution in [0.3, 0.4) is 0 Å². The molecule has 0 bridgehead atoms. The van der Waals surface area contributed by atoms with Gasteiger partial charge < -0.3 is 20.7 Å². The van der Waals surface area contributed by atoms with Crippen molar-refractivity contribution in [3.63, 3.8) is 0 Å². The van der Waals surface area contributed by atoms with Crippen LogP contribution in [0.15, 0.2) is 55.1 Å². The highest BCUT2D eigenvalue weighted by atomic mass is 35.5. The fourth-order valence-electron chi connectivity index (χ4n) is 3.35. The number of nitrogens with one attached hydrogen (secondary N) is 3. The molecule has 0 saturated carbocycles. The number of carbonyl (C=O) groups excluding carboxylic acids is 1. The number of hydrogen-bond donors (Lipinski definition) is 3. The molecule has 1 aromatic carbocycles. The summed E-state index contributed by atoms with van der Waals surface area (Å²) in [7, 11) is 0. The molecule has 3 aromatic rings. The lowest BCUT2D eigenvalue weighted by molar-refractivity contribution is 0.0398. The Labute approximate surface area is 209 Å². The Balaban J connectivity index is 1.26. The van der Waals surface area contributed by atoms with Crippen molar-refractivity contribution in [2.45, 2.75) is 6.54 Å².